The summed E-state index contributed by atoms with van der Waals surface area (Å²) in [6, 6.07) is 13.7. The highest BCUT2D eigenvalue weighted by molar-refractivity contribution is 5.91. The van der Waals surface area contributed by atoms with E-state index < -0.39 is 0 Å². The number of esters is 1. The normalized spacial score (nSPS) is 16.0. The number of benzene rings is 2. The molecule has 0 spiro atoms. The molecule has 0 aromatic heterocycles. The molecule has 0 heterocycles. The second-order valence-corrected chi connectivity index (χ2v) is 9.99. The first-order chi connectivity index (χ1) is 15.1. The second-order valence-electron chi connectivity index (χ2n) is 9.99. The number of allylic oxidation sites excluding steroid dienone is 1. The lowest BCUT2D eigenvalue weighted by Gasteiger charge is -2.41. The van der Waals surface area contributed by atoms with Crippen molar-refractivity contribution in [3.05, 3.63) is 77.4 Å². The van der Waals surface area contributed by atoms with Crippen molar-refractivity contribution < 1.29 is 14.3 Å². The molecule has 0 atom stereocenters. The molecule has 1 aliphatic carbocycles. The molecule has 0 aliphatic heterocycles. The monoisotopic (exact) mass is 433 g/mol. The number of hydrogen-bond acceptors (Lipinski definition) is 3. The molecule has 0 bridgehead atoms. The van der Waals surface area contributed by atoms with Gasteiger partial charge in [-0.25, -0.2) is 4.79 Å². The van der Waals surface area contributed by atoms with Gasteiger partial charge in [-0.15, -0.1) is 6.58 Å². The first kappa shape index (κ1) is 23.8. The first-order valence-corrected chi connectivity index (χ1v) is 11.4. The summed E-state index contributed by atoms with van der Waals surface area (Å²) in [5, 5.41) is 2.86. The van der Waals surface area contributed by atoms with Crippen molar-refractivity contribution in [2.45, 2.75) is 70.6 Å². The molecular formula is C28H35NO3. The molecule has 3 rings (SSSR count). The van der Waals surface area contributed by atoms with Gasteiger partial charge in [-0.3, -0.25) is 4.79 Å². The molecule has 1 amide bonds. The summed E-state index contributed by atoms with van der Waals surface area (Å²) in [4.78, 5) is 24.5. The van der Waals surface area contributed by atoms with Crippen LogP contribution in [0.4, 0.5) is 5.69 Å². The molecule has 0 fully saturated rings. The summed E-state index contributed by atoms with van der Waals surface area (Å²) in [6.07, 6.45) is 5.70. The fraction of sp³-hybridized carbons (Fsp3) is 0.429. The van der Waals surface area contributed by atoms with E-state index in [0.29, 0.717) is 31.4 Å². The molecule has 32 heavy (non-hydrogen) atoms. The lowest BCUT2D eigenvalue weighted by Crippen LogP contribution is -2.34. The summed E-state index contributed by atoms with van der Waals surface area (Å²) in [5.41, 5.74) is 5.21. The van der Waals surface area contributed by atoms with Crippen LogP contribution < -0.4 is 5.32 Å². The van der Waals surface area contributed by atoms with Gasteiger partial charge in [-0.1, -0.05) is 52.0 Å². The van der Waals surface area contributed by atoms with Crippen molar-refractivity contribution >= 4 is 17.6 Å². The molecule has 4 heteroatoms. The predicted molar refractivity (Wildman–Crippen MR) is 130 cm³/mol. The molecule has 0 saturated heterocycles. The van der Waals surface area contributed by atoms with Crippen molar-refractivity contribution in [3.8, 4) is 0 Å². The van der Waals surface area contributed by atoms with Crippen LogP contribution in [0.25, 0.3) is 0 Å². The van der Waals surface area contributed by atoms with Gasteiger partial charge in [0.15, 0.2) is 0 Å². The smallest absolute Gasteiger partial charge is 0.338 e. The Hall–Kier alpha value is -2.88. The van der Waals surface area contributed by atoms with Crippen LogP contribution in [0.5, 0.6) is 0 Å². The Morgan fingerprint density at radius 1 is 1.00 bits per heavy atom. The minimum Gasteiger partial charge on any atom is -0.462 e. The van der Waals surface area contributed by atoms with Crippen LogP contribution in [0.1, 0.15) is 80.4 Å². The summed E-state index contributed by atoms with van der Waals surface area (Å²) < 4.78 is 5.56. The largest absolute Gasteiger partial charge is 0.462 e. The molecule has 0 unspecified atom stereocenters. The van der Waals surface area contributed by atoms with Gasteiger partial charge in [0, 0.05) is 18.5 Å². The Morgan fingerprint density at radius 2 is 1.66 bits per heavy atom. The molecular weight excluding hydrogens is 398 g/mol. The van der Waals surface area contributed by atoms with Gasteiger partial charge in [-0.2, -0.15) is 0 Å². The number of amides is 1. The first-order valence-electron chi connectivity index (χ1n) is 11.4. The van der Waals surface area contributed by atoms with Crippen molar-refractivity contribution in [1.29, 1.82) is 0 Å². The number of carbonyl (C=O) groups excluding carboxylic acids is 2. The number of hydrogen-bond donors (Lipinski definition) is 1. The van der Waals surface area contributed by atoms with Gasteiger partial charge >= 0.3 is 5.97 Å². The van der Waals surface area contributed by atoms with Crippen LogP contribution in [-0.4, -0.2) is 18.5 Å². The van der Waals surface area contributed by atoms with Gasteiger partial charge in [0.25, 0.3) is 0 Å². The Kier molecular flexibility index (Phi) is 7.22. The number of carbonyl (C=O) groups is 2. The summed E-state index contributed by atoms with van der Waals surface area (Å²) in [6.45, 7) is 13.0. The number of ether oxygens (including phenoxy) is 1. The molecule has 4 nitrogen and oxygen atoms in total. The fourth-order valence-corrected chi connectivity index (χ4v) is 4.27. The topological polar surface area (TPSA) is 55.4 Å². The maximum atomic E-state index is 12.7. The van der Waals surface area contributed by atoms with Gasteiger partial charge in [0.2, 0.25) is 5.91 Å². The number of nitrogens with one attached hydrogen (secondary N) is 1. The zero-order valence-corrected chi connectivity index (χ0v) is 19.8. The van der Waals surface area contributed by atoms with Crippen LogP contribution in [0.2, 0.25) is 0 Å². The molecule has 2 aromatic carbocycles. The lowest BCUT2D eigenvalue weighted by atomic mass is 9.63. The third kappa shape index (κ3) is 5.67. The van der Waals surface area contributed by atoms with Gasteiger partial charge in [0.1, 0.15) is 0 Å². The van der Waals surface area contributed by atoms with E-state index in [2.05, 4.69) is 45.7 Å². The number of fused-ring (bicyclic) bond motifs is 1. The van der Waals surface area contributed by atoms with E-state index in [9.17, 15) is 9.59 Å². The van der Waals surface area contributed by atoms with E-state index in [1.165, 1.54) is 11.1 Å². The van der Waals surface area contributed by atoms with Crippen molar-refractivity contribution in [2.75, 3.05) is 11.9 Å². The summed E-state index contributed by atoms with van der Waals surface area (Å²) in [5.74, 6) is -0.304. The van der Waals surface area contributed by atoms with Gasteiger partial charge < -0.3 is 10.1 Å². The van der Waals surface area contributed by atoms with Crippen LogP contribution >= 0.6 is 0 Å². The number of rotatable bonds is 8. The summed E-state index contributed by atoms with van der Waals surface area (Å²) in [7, 11) is 0. The zero-order valence-electron chi connectivity index (χ0n) is 19.8. The van der Waals surface area contributed by atoms with Gasteiger partial charge in [0.05, 0.1) is 12.2 Å². The quantitative estimate of drug-likeness (QED) is 0.390. The van der Waals surface area contributed by atoms with Crippen LogP contribution in [-0.2, 0) is 26.8 Å². The lowest BCUT2D eigenvalue weighted by molar-refractivity contribution is -0.116. The molecule has 170 valence electrons. The van der Waals surface area contributed by atoms with E-state index in [-0.39, 0.29) is 22.7 Å². The van der Waals surface area contributed by atoms with Crippen LogP contribution in [0.15, 0.2) is 55.1 Å². The maximum Gasteiger partial charge on any atom is 0.338 e. The Labute approximate surface area is 192 Å². The Bertz CT molecular complexity index is 986. The molecule has 1 aliphatic rings. The minimum absolute atomic E-state index is 0.0248. The van der Waals surface area contributed by atoms with Gasteiger partial charge in [-0.05, 0) is 71.0 Å². The van der Waals surface area contributed by atoms with Crippen molar-refractivity contribution in [3.63, 3.8) is 0 Å². The van der Waals surface area contributed by atoms with E-state index in [1.54, 1.807) is 6.08 Å². The predicted octanol–water partition coefficient (Wildman–Crippen LogP) is 6.34. The van der Waals surface area contributed by atoms with Crippen molar-refractivity contribution in [2.24, 2.45) is 0 Å². The van der Waals surface area contributed by atoms with E-state index >= 15 is 0 Å². The van der Waals surface area contributed by atoms with E-state index in [4.69, 9.17) is 4.74 Å². The van der Waals surface area contributed by atoms with Crippen LogP contribution in [0.3, 0.4) is 0 Å². The zero-order chi connectivity index (χ0) is 23.4. The van der Waals surface area contributed by atoms with Crippen LogP contribution in [0, 0.1) is 0 Å². The third-order valence-electron chi connectivity index (χ3n) is 6.53. The maximum absolute atomic E-state index is 12.7. The third-order valence-corrected chi connectivity index (χ3v) is 6.53. The highest BCUT2D eigenvalue weighted by atomic mass is 16.5. The standard InChI is InChI=1S/C28H35NO3/c1-6-7-8-25(30)29-22-12-9-20(10-13-22)15-18-32-26(31)21-11-14-23-24(19-21)28(4,5)17-16-27(23,2)3/h6,9-14,19H,1,7-8,15-18H2,2-5H3,(H,29,30). The average Bonchev–Trinajstić information content (AvgIpc) is 2.76. The SMILES string of the molecule is C=CCCC(=O)Nc1ccc(CCOC(=O)c2ccc3c(c2)C(C)(C)CCC3(C)C)cc1. The van der Waals surface area contributed by atoms with Crippen molar-refractivity contribution in [1.82, 2.24) is 0 Å². The molecule has 0 saturated carbocycles. The molecule has 1 N–H and O–H groups in total. The van der Waals surface area contributed by atoms with E-state index in [1.807, 2.05) is 36.4 Å². The summed E-state index contributed by atoms with van der Waals surface area (Å²) >= 11 is 0. The van der Waals surface area contributed by atoms with E-state index in [0.717, 1.165) is 24.1 Å². The highest BCUT2D eigenvalue weighted by Crippen LogP contribution is 2.45. The average molecular weight is 434 g/mol. The second kappa shape index (κ2) is 9.72. The Morgan fingerprint density at radius 3 is 2.31 bits per heavy atom. The fourth-order valence-electron chi connectivity index (χ4n) is 4.27. The Balaban J connectivity index is 1.56. The molecule has 2 aromatic rings. The number of anilines is 1. The highest BCUT2D eigenvalue weighted by Gasteiger charge is 2.37. The minimum atomic E-state index is -0.280. The molecule has 0 radical (unpaired) electrons.